The second-order valence-electron chi connectivity index (χ2n) is 6.62. The summed E-state index contributed by atoms with van der Waals surface area (Å²) in [5.74, 6) is 0. The quantitative estimate of drug-likeness (QED) is 0.507. The number of rotatable bonds is 9. The topological polar surface area (TPSA) is 50.7 Å². The van der Waals surface area contributed by atoms with Gasteiger partial charge in [0.05, 0.1) is 6.61 Å². The molecule has 1 N–H and O–H groups in total. The van der Waals surface area contributed by atoms with E-state index in [0.29, 0.717) is 19.8 Å². The van der Waals surface area contributed by atoms with Gasteiger partial charge in [-0.3, -0.25) is 0 Å². The molecule has 0 aliphatic heterocycles. The fourth-order valence-corrected chi connectivity index (χ4v) is 3.12. The molecular weight excluding hydrogens is 312 g/mol. The molecule has 0 saturated carbocycles. The van der Waals surface area contributed by atoms with Crippen LogP contribution in [-0.2, 0) is 11.2 Å². The summed E-state index contributed by atoms with van der Waals surface area (Å²) in [4.78, 5) is 11.0. The van der Waals surface area contributed by atoms with Crippen LogP contribution in [0.15, 0.2) is 41.6 Å². The summed E-state index contributed by atoms with van der Waals surface area (Å²) in [6.07, 6.45) is 8.79. The van der Waals surface area contributed by atoms with E-state index in [9.17, 15) is 4.91 Å². The van der Waals surface area contributed by atoms with Gasteiger partial charge in [-0.15, -0.1) is 0 Å². The van der Waals surface area contributed by atoms with Crippen molar-refractivity contribution in [2.75, 3.05) is 25.1 Å². The number of nitroso groups, excluding NO2 is 1. The van der Waals surface area contributed by atoms with Crippen molar-refractivity contribution in [3.8, 4) is 0 Å². The number of nitrogens with one attached hydrogen (secondary N) is 1. The number of fused-ring (bicyclic) bond motifs is 2. The lowest BCUT2D eigenvalue weighted by molar-refractivity contribution is 0.121. The first-order valence-electron chi connectivity index (χ1n) is 9.17. The first-order chi connectivity index (χ1) is 12.3. The van der Waals surface area contributed by atoms with Crippen LogP contribution >= 0.6 is 0 Å². The zero-order valence-corrected chi connectivity index (χ0v) is 14.8. The molecule has 0 radical (unpaired) electrons. The zero-order valence-electron chi connectivity index (χ0n) is 14.8. The standard InChI is InChI=1S/C21H26N2O2/c1-2-3-10-25-15-21(23-24)14-22-20-9-8-18-11-16-6-4-5-7-17(16)12-19(18)13-20/h5,7-9,11-13,21-22H,2-4,6,10,14-15H2,1H3. The number of ether oxygens (including phenoxy) is 1. The maximum atomic E-state index is 11.0. The molecule has 1 atom stereocenters. The Kier molecular flexibility index (Phi) is 6.18. The minimum Gasteiger partial charge on any atom is -0.383 e. The highest BCUT2D eigenvalue weighted by molar-refractivity contribution is 5.89. The molecule has 1 aliphatic carbocycles. The Morgan fingerprint density at radius 2 is 2.16 bits per heavy atom. The number of allylic oxidation sites excluding steroid dienone is 1. The van der Waals surface area contributed by atoms with E-state index >= 15 is 0 Å². The lowest BCUT2D eigenvalue weighted by atomic mass is 9.94. The number of unbranched alkanes of at least 4 members (excludes halogenated alkanes) is 1. The van der Waals surface area contributed by atoms with E-state index < -0.39 is 0 Å². The highest BCUT2D eigenvalue weighted by Gasteiger charge is 2.10. The van der Waals surface area contributed by atoms with Gasteiger partial charge in [-0.1, -0.05) is 42.8 Å². The molecule has 2 aromatic rings. The Morgan fingerprint density at radius 1 is 1.24 bits per heavy atom. The van der Waals surface area contributed by atoms with E-state index in [2.05, 4.69) is 59.9 Å². The molecule has 0 bridgehead atoms. The van der Waals surface area contributed by atoms with Gasteiger partial charge >= 0.3 is 0 Å². The number of nitrogens with zero attached hydrogens (tertiary/aromatic N) is 1. The SMILES string of the molecule is CCCCOCC(CNc1ccc2cc3c(cc2c1)C=CCC3)N=O. The number of benzene rings is 2. The molecule has 2 aromatic carbocycles. The van der Waals surface area contributed by atoms with Crippen LogP contribution in [0.4, 0.5) is 5.69 Å². The molecule has 0 saturated heterocycles. The van der Waals surface area contributed by atoms with Crippen molar-refractivity contribution < 1.29 is 4.74 Å². The summed E-state index contributed by atoms with van der Waals surface area (Å²) >= 11 is 0. The van der Waals surface area contributed by atoms with Gasteiger partial charge in [0.15, 0.2) is 0 Å². The van der Waals surface area contributed by atoms with Crippen molar-refractivity contribution in [1.29, 1.82) is 0 Å². The number of aryl methyl sites for hydroxylation is 1. The molecule has 4 nitrogen and oxygen atoms in total. The highest BCUT2D eigenvalue weighted by Crippen LogP contribution is 2.27. The van der Waals surface area contributed by atoms with E-state index in [0.717, 1.165) is 31.4 Å². The summed E-state index contributed by atoms with van der Waals surface area (Å²) in [5.41, 5.74) is 3.74. The van der Waals surface area contributed by atoms with Gasteiger partial charge < -0.3 is 10.1 Å². The molecule has 0 spiro atoms. The van der Waals surface area contributed by atoms with Gasteiger partial charge in [0.25, 0.3) is 0 Å². The lowest BCUT2D eigenvalue weighted by Crippen LogP contribution is -2.23. The fourth-order valence-electron chi connectivity index (χ4n) is 3.12. The van der Waals surface area contributed by atoms with E-state index in [1.54, 1.807) is 0 Å². The van der Waals surface area contributed by atoms with E-state index in [1.807, 2.05) is 0 Å². The van der Waals surface area contributed by atoms with E-state index in [1.165, 1.54) is 21.9 Å². The predicted octanol–water partition coefficient (Wildman–Crippen LogP) is 5.16. The molecule has 0 heterocycles. The summed E-state index contributed by atoms with van der Waals surface area (Å²) < 4.78 is 5.51. The molecule has 4 heteroatoms. The number of anilines is 1. The van der Waals surface area contributed by atoms with Crippen LogP contribution in [0, 0.1) is 4.91 Å². The zero-order chi connectivity index (χ0) is 17.5. The molecule has 132 valence electrons. The average molecular weight is 338 g/mol. The van der Waals surface area contributed by atoms with Crippen molar-refractivity contribution in [3.63, 3.8) is 0 Å². The van der Waals surface area contributed by atoms with Crippen LogP contribution in [0.3, 0.4) is 0 Å². The van der Waals surface area contributed by atoms with Crippen molar-refractivity contribution in [2.45, 2.75) is 38.6 Å². The molecule has 1 aliphatic rings. The van der Waals surface area contributed by atoms with Crippen molar-refractivity contribution in [2.24, 2.45) is 5.18 Å². The van der Waals surface area contributed by atoms with Crippen molar-refractivity contribution >= 4 is 22.5 Å². The molecule has 3 rings (SSSR count). The minimum atomic E-state index is -0.362. The molecule has 0 amide bonds. The molecule has 0 fully saturated rings. The normalized spacial score (nSPS) is 14.3. The Labute approximate surface area is 149 Å². The summed E-state index contributed by atoms with van der Waals surface area (Å²) in [6, 6.07) is 10.5. The maximum absolute atomic E-state index is 11.0. The van der Waals surface area contributed by atoms with E-state index in [4.69, 9.17) is 4.74 Å². The Bertz CT molecular complexity index is 755. The second-order valence-corrected chi connectivity index (χ2v) is 6.62. The summed E-state index contributed by atoms with van der Waals surface area (Å²) in [7, 11) is 0. The van der Waals surface area contributed by atoms with Gasteiger partial charge in [0, 0.05) is 18.8 Å². The van der Waals surface area contributed by atoms with Gasteiger partial charge in [0.2, 0.25) is 0 Å². The van der Waals surface area contributed by atoms with Crippen molar-refractivity contribution in [3.05, 3.63) is 52.4 Å². The van der Waals surface area contributed by atoms with E-state index in [-0.39, 0.29) is 6.04 Å². The Hall–Kier alpha value is -2.20. The minimum absolute atomic E-state index is 0.362. The highest BCUT2D eigenvalue weighted by atomic mass is 16.5. The van der Waals surface area contributed by atoms with Crippen LogP contribution in [0.25, 0.3) is 16.8 Å². The largest absolute Gasteiger partial charge is 0.383 e. The summed E-state index contributed by atoms with van der Waals surface area (Å²) in [6.45, 7) is 3.68. The van der Waals surface area contributed by atoms with Gasteiger partial charge in [0.1, 0.15) is 6.04 Å². The Morgan fingerprint density at radius 3 is 3.00 bits per heavy atom. The smallest absolute Gasteiger partial charge is 0.132 e. The van der Waals surface area contributed by atoms with Gasteiger partial charge in [-0.05, 0) is 59.4 Å². The lowest BCUT2D eigenvalue weighted by Gasteiger charge is -2.14. The Balaban J connectivity index is 1.63. The molecule has 1 unspecified atom stereocenters. The van der Waals surface area contributed by atoms with Crippen LogP contribution in [-0.4, -0.2) is 25.8 Å². The monoisotopic (exact) mass is 338 g/mol. The van der Waals surface area contributed by atoms with Crippen LogP contribution < -0.4 is 5.32 Å². The third-order valence-corrected chi connectivity index (χ3v) is 4.62. The van der Waals surface area contributed by atoms with Crippen molar-refractivity contribution in [1.82, 2.24) is 0 Å². The number of hydrogen-bond donors (Lipinski definition) is 1. The second kappa shape index (κ2) is 8.77. The fraction of sp³-hybridized carbons (Fsp3) is 0.429. The van der Waals surface area contributed by atoms with Crippen LogP contribution in [0.2, 0.25) is 0 Å². The molecular formula is C21H26N2O2. The van der Waals surface area contributed by atoms with Crippen LogP contribution in [0.5, 0.6) is 0 Å². The summed E-state index contributed by atoms with van der Waals surface area (Å²) in [5, 5.41) is 8.96. The predicted molar refractivity (Wildman–Crippen MR) is 105 cm³/mol. The van der Waals surface area contributed by atoms with Crippen LogP contribution in [0.1, 0.15) is 37.3 Å². The first-order valence-corrected chi connectivity index (χ1v) is 9.17. The third-order valence-electron chi connectivity index (χ3n) is 4.62. The first kappa shape index (κ1) is 17.6. The average Bonchev–Trinajstić information content (AvgIpc) is 2.65. The molecule has 0 aromatic heterocycles. The molecule has 25 heavy (non-hydrogen) atoms. The number of hydrogen-bond acceptors (Lipinski definition) is 4. The van der Waals surface area contributed by atoms with Gasteiger partial charge in [-0.2, -0.15) is 4.91 Å². The maximum Gasteiger partial charge on any atom is 0.132 e. The van der Waals surface area contributed by atoms with Gasteiger partial charge in [-0.25, -0.2) is 0 Å². The third kappa shape index (κ3) is 4.67.